The van der Waals surface area contributed by atoms with E-state index in [2.05, 4.69) is 5.32 Å². The minimum Gasteiger partial charge on any atom is -0.494 e. The van der Waals surface area contributed by atoms with Gasteiger partial charge in [0.15, 0.2) is 0 Å². The van der Waals surface area contributed by atoms with Crippen molar-refractivity contribution in [2.75, 3.05) is 22.5 Å². The number of carbonyl (C=O) groups is 1. The predicted molar refractivity (Wildman–Crippen MR) is 115 cm³/mol. The first kappa shape index (κ1) is 22.5. The molecule has 0 aliphatic rings. The number of nitrogens with zero attached hydrogens (tertiary/aromatic N) is 1. The molecule has 1 amide bonds. The third-order valence-electron chi connectivity index (χ3n) is 3.98. The van der Waals surface area contributed by atoms with Gasteiger partial charge in [0, 0.05) is 5.69 Å². The first-order valence-electron chi connectivity index (χ1n) is 9.41. The topological polar surface area (TPSA) is 84.9 Å². The van der Waals surface area contributed by atoms with Crippen LogP contribution in [-0.4, -0.2) is 39.3 Å². The third kappa shape index (κ3) is 6.39. The van der Waals surface area contributed by atoms with Gasteiger partial charge in [-0.1, -0.05) is 0 Å². The summed E-state index contributed by atoms with van der Waals surface area (Å²) in [5, 5.41) is 2.75. The Labute approximate surface area is 172 Å². The van der Waals surface area contributed by atoms with Gasteiger partial charge in [-0.2, -0.15) is 0 Å². The van der Waals surface area contributed by atoms with Crippen LogP contribution in [0.4, 0.5) is 11.4 Å². The fraction of sp³-hybridized carbons (Fsp3) is 0.381. The van der Waals surface area contributed by atoms with Crippen molar-refractivity contribution < 1.29 is 22.7 Å². The molecule has 0 bridgehead atoms. The summed E-state index contributed by atoms with van der Waals surface area (Å²) in [5.74, 6) is 0.880. The van der Waals surface area contributed by atoms with Crippen molar-refractivity contribution >= 4 is 27.3 Å². The Morgan fingerprint density at radius 3 is 2.03 bits per heavy atom. The Hall–Kier alpha value is -2.74. The molecule has 0 fully saturated rings. The van der Waals surface area contributed by atoms with E-state index < -0.39 is 22.0 Å². The van der Waals surface area contributed by atoms with Crippen LogP contribution < -0.4 is 19.1 Å². The molecule has 2 aromatic carbocycles. The quantitative estimate of drug-likeness (QED) is 0.669. The van der Waals surface area contributed by atoms with E-state index in [1.165, 1.54) is 0 Å². The number of hydrogen-bond acceptors (Lipinski definition) is 5. The van der Waals surface area contributed by atoms with Gasteiger partial charge in [0.2, 0.25) is 15.9 Å². The minimum absolute atomic E-state index is 0.0490. The number of rotatable bonds is 9. The zero-order chi connectivity index (χ0) is 21.6. The van der Waals surface area contributed by atoms with Gasteiger partial charge in [-0.15, -0.1) is 0 Å². The molecule has 0 aromatic heterocycles. The van der Waals surface area contributed by atoms with E-state index in [-0.39, 0.29) is 6.10 Å². The van der Waals surface area contributed by atoms with Crippen LogP contribution in [0.5, 0.6) is 11.5 Å². The van der Waals surface area contributed by atoms with Crippen LogP contribution >= 0.6 is 0 Å². The summed E-state index contributed by atoms with van der Waals surface area (Å²) in [6.45, 7) is 7.78. The van der Waals surface area contributed by atoms with Crippen molar-refractivity contribution in [1.82, 2.24) is 0 Å². The lowest BCUT2D eigenvalue weighted by Crippen LogP contribution is -2.45. The lowest BCUT2D eigenvalue weighted by Gasteiger charge is -2.28. The largest absolute Gasteiger partial charge is 0.494 e. The van der Waals surface area contributed by atoms with Crippen LogP contribution in [0.25, 0.3) is 0 Å². The van der Waals surface area contributed by atoms with Crippen LogP contribution in [0, 0.1) is 0 Å². The number of amides is 1. The molecule has 2 rings (SSSR count). The molecule has 1 N–H and O–H groups in total. The van der Waals surface area contributed by atoms with Gasteiger partial charge >= 0.3 is 0 Å². The molecule has 0 aliphatic heterocycles. The zero-order valence-electron chi connectivity index (χ0n) is 17.4. The number of carbonyl (C=O) groups excluding carboxylic acids is 1. The van der Waals surface area contributed by atoms with Crippen LogP contribution in [-0.2, 0) is 14.8 Å². The lowest BCUT2D eigenvalue weighted by atomic mass is 10.2. The number of sulfonamides is 1. The van der Waals surface area contributed by atoms with Crippen molar-refractivity contribution in [2.45, 2.75) is 39.8 Å². The monoisotopic (exact) mass is 420 g/mol. The summed E-state index contributed by atoms with van der Waals surface area (Å²) < 4.78 is 36.8. The van der Waals surface area contributed by atoms with Gasteiger partial charge < -0.3 is 14.8 Å². The molecule has 1 unspecified atom stereocenters. The maximum absolute atomic E-state index is 12.7. The second kappa shape index (κ2) is 9.65. The first-order valence-corrected chi connectivity index (χ1v) is 11.3. The number of hydrogen-bond donors (Lipinski definition) is 1. The smallest absolute Gasteiger partial charge is 0.247 e. The highest BCUT2D eigenvalue weighted by molar-refractivity contribution is 7.92. The highest BCUT2D eigenvalue weighted by Crippen LogP contribution is 2.25. The second-order valence-electron chi connectivity index (χ2n) is 6.84. The molecule has 0 heterocycles. The summed E-state index contributed by atoms with van der Waals surface area (Å²) in [7, 11) is -3.69. The molecule has 0 saturated carbocycles. The lowest BCUT2D eigenvalue weighted by molar-refractivity contribution is -0.116. The Morgan fingerprint density at radius 1 is 1.00 bits per heavy atom. The molecule has 0 spiro atoms. The summed E-state index contributed by atoms with van der Waals surface area (Å²) in [5.41, 5.74) is 0.942. The molecule has 1 atom stereocenters. The summed E-state index contributed by atoms with van der Waals surface area (Å²) >= 11 is 0. The van der Waals surface area contributed by atoms with Gasteiger partial charge in [-0.3, -0.25) is 9.10 Å². The van der Waals surface area contributed by atoms with E-state index in [1.54, 1.807) is 55.5 Å². The number of nitrogens with one attached hydrogen (secondary N) is 1. The minimum atomic E-state index is -3.69. The van der Waals surface area contributed by atoms with E-state index in [9.17, 15) is 13.2 Å². The third-order valence-corrected chi connectivity index (χ3v) is 5.23. The van der Waals surface area contributed by atoms with Crippen LogP contribution in [0.3, 0.4) is 0 Å². The van der Waals surface area contributed by atoms with Gasteiger partial charge in [0.25, 0.3) is 0 Å². The highest BCUT2D eigenvalue weighted by Gasteiger charge is 2.29. The van der Waals surface area contributed by atoms with E-state index >= 15 is 0 Å². The van der Waals surface area contributed by atoms with Gasteiger partial charge in [-0.25, -0.2) is 8.42 Å². The van der Waals surface area contributed by atoms with Crippen molar-refractivity contribution in [1.29, 1.82) is 0 Å². The van der Waals surface area contributed by atoms with Crippen LogP contribution in [0.2, 0.25) is 0 Å². The molecule has 158 valence electrons. The Kier molecular flexibility index (Phi) is 7.50. The Balaban J connectivity index is 2.18. The van der Waals surface area contributed by atoms with Crippen molar-refractivity contribution in [3.63, 3.8) is 0 Å². The van der Waals surface area contributed by atoms with E-state index in [0.29, 0.717) is 29.5 Å². The van der Waals surface area contributed by atoms with Gasteiger partial charge in [0.1, 0.15) is 17.5 Å². The Bertz CT molecular complexity index is 909. The summed E-state index contributed by atoms with van der Waals surface area (Å²) in [6, 6.07) is 12.6. The highest BCUT2D eigenvalue weighted by atomic mass is 32.2. The van der Waals surface area contributed by atoms with Crippen LogP contribution in [0.15, 0.2) is 48.5 Å². The average Bonchev–Trinajstić information content (AvgIpc) is 2.63. The van der Waals surface area contributed by atoms with Crippen molar-refractivity contribution in [3.8, 4) is 11.5 Å². The molecule has 0 radical (unpaired) electrons. The molecule has 29 heavy (non-hydrogen) atoms. The van der Waals surface area contributed by atoms with E-state index in [4.69, 9.17) is 9.47 Å². The SMILES string of the molecule is CCOc1ccc(N(C(C)C(=O)Nc2ccc(OC(C)C)cc2)S(C)(=O)=O)cc1. The molecule has 0 aliphatic carbocycles. The van der Waals surface area contributed by atoms with Crippen LogP contribution in [0.1, 0.15) is 27.7 Å². The molecular weight excluding hydrogens is 392 g/mol. The second-order valence-corrected chi connectivity index (χ2v) is 8.70. The van der Waals surface area contributed by atoms with E-state index in [1.807, 2.05) is 20.8 Å². The maximum atomic E-state index is 12.7. The summed E-state index contributed by atoms with van der Waals surface area (Å²) in [6.07, 6.45) is 1.12. The van der Waals surface area contributed by atoms with Crippen molar-refractivity contribution in [3.05, 3.63) is 48.5 Å². The Morgan fingerprint density at radius 2 is 1.55 bits per heavy atom. The van der Waals surface area contributed by atoms with Gasteiger partial charge in [0.05, 0.1) is 24.7 Å². The van der Waals surface area contributed by atoms with E-state index in [0.717, 1.165) is 10.6 Å². The fourth-order valence-electron chi connectivity index (χ4n) is 2.80. The van der Waals surface area contributed by atoms with Gasteiger partial charge in [-0.05, 0) is 76.2 Å². The molecule has 2 aromatic rings. The molecule has 7 nitrogen and oxygen atoms in total. The maximum Gasteiger partial charge on any atom is 0.247 e. The van der Waals surface area contributed by atoms with Crippen molar-refractivity contribution in [2.24, 2.45) is 0 Å². The summed E-state index contributed by atoms with van der Waals surface area (Å²) in [4.78, 5) is 12.7. The molecule has 8 heteroatoms. The fourth-order valence-corrected chi connectivity index (χ4v) is 3.98. The average molecular weight is 421 g/mol. The zero-order valence-corrected chi connectivity index (χ0v) is 18.2. The number of ether oxygens (including phenoxy) is 2. The molecule has 0 saturated heterocycles. The predicted octanol–water partition coefficient (Wildman–Crippen LogP) is 3.67. The first-order chi connectivity index (χ1) is 13.6. The number of benzene rings is 2. The normalized spacial score (nSPS) is 12.3. The molecular formula is C21H28N2O5S. The number of anilines is 2. The standard InChI is InChI=1S/C21H28N2O5S/c1-6-27-19-13-9-18(10-14-19)23(29(5,25)26)16(4)21(24)22-17-7-11-20(12-8-17)28-15(2)3/h7-16H,6H2,1-5H3,(H,22,24).